The molecule has 1 unspecified atom stereocenters. The van der Waals surface area contributed by atoms with Crippen LogP contribution in [0.2, 0.25) is 0 Å². The zero-order valence-corrected chi connectivity index (χ0v) is 15.0. The lowest BCUT2D eigenvalue weighted by Gasteiger charge is -2.35. The molecule has 1 aromatic carbocycles. The Morgan fingerprint density at radius 1 is 1.25 bits per heavy atom. The van der Waals surface area contributed by atoms with E-state index in [4.69, 9.17) is 4.52 Å². The SMILES string of the molecule is O=C(Cc1ccccc1F)N1CCCC(F)(c2nc(-c3cccnc3)no2)C1. The average molecular weight is 384 g/mol. The van der Waals surface area contributed by atoms with Crippen molar-refractivity contribution in [3.63, 3.8) is 0 Å². The molecule has 2 aromatic heterocycles. The first-order valence-electron chi connectivity index (χ1n) is 9.00. The average Bonchev–Trinajstić information content (AvgIpc) is 3.22. The number of piperidine rings is 1. The van der Waals surface area contributed by atoms with Crippen LogP contribution in [0.25, 0.3) is 11.4 Å². The van der Waals surface area contributed by atoms with Gasteiger partial charge in [0.2, 0.25) is 17.4 Å². The summed E-state index contributed by atoms with van der Waals surface area (Å²) in [7, 11) is 0. The van der Waals surface area contributed by atoms with Crippen LogP contribution in [0.5, 0.6) is 0 Å². The number of hydrogen-bond acceptors (Lipinski definition) is 5. The molecule has 1 aliphatic rings. The zero-order chi connectivity index (χ0) is 19.6. The Kier molecular flexibility index (Phi) is 4.85. The van der Waals surface area contributed by atoms with Crippen molar-refractivity contribution in [1.29, 1.82) is 0 Å². The summed E-state index contributed by atoms with van der Waals surface area (Å²) in [5.41, 5.74) is -1.03. The summed E-state index contributed by atoms with van der Waals surface area (Å²) in [5, 5.41) is 3.84. The smallest absolute Gasteiger partial charge is 0.266 e. The van der Waals surface area contributed by atoms with Crippen LogP contribution < -0.4 is 0 Å². The monoisotopic (exact) mass is 384 g/mol. The molecule has 0 saturated carbocycles. The van der Waals surface area contributed by atoms with Crippen LogP contribution in [-0.2, 0) is 16.9 Å². The molecule has 0 spiro atoms. The van der Waals surface area contributed by atoms with E-state index >= 15 is 4.39 Å². The van der Waals surface area contributed by atoms with Crippen molar-refractivity contribution in [2.24, 2.45) is 0 Å². The molecule has 8 heteroatoms. The standard InChI is InChI=1S/C20H18F2N4O2/c21-16-7-2-1-5-14(16)11-17(27)26-10-4-8-20(22,13-26)19-24-18(25-28-19)15-6-3-9-23-12-15/h1-3,5-7,9,12H,4,8,10-11,13H2. The van der Waals surface area contributed by atoms with E-state index in [-0.39, 0.29) is 37.0 Å². The van der Waals surface area contributed by atoms with Crippen LogP contribution in [0.3, 0.4) is 0 Å². The molecule has 1 fully saturated rings. The van der Waals surface area contributed by atoms with Gasteiger partial charge in [0, 0.05) is 24.5 Å². The predicted molar refractivity (Wildman–Crippen MR) is 96.2 cm³/mol. The number of alkyl halides is 1. The molecule has 1 saturated heterocycles. The second kappa shape index (κ2) is 7.46. The number of pyridine rings is 1. The van der Waals surface area contributed by atoms with E-state index in [2.05, 4.69) is 15.1 Å². The molecule has 1 aliphatic heterocycles. The number of likely N-dealkylation sites (tertiary alicyclic amines) is 1. The number of hydrogen-bond donors (Lipinski definition) is 0. The van der Waals surface area contributed by atoms with Gasteiger partial charge in [0.25, 0.3) is 5.89 Å². The number of amides is 1. The van der Waals surface area contributed by atoms with Crippen molar-refractivity contribution in [3.8, 4) is 11.4 Å². The fourth-order valence-corrected chi connectivity index (χ4v) is 3.33. The summed E-state index contributed by atoms with van der Waals surface area (Å²) in [4.78, 5) is 22.1. The van der Waals surface area contributed by atoms with E-state index in [9.17, 15) is 9.18 Å². The Bertz CT molecular complexity index is 979. The van der Waals surface area contributed by atoms with Gasteiger partial charge in [0.05, 0.1) is 13.0 Å². The molecule has 0 bridgehead atoms. The van der Waals surface area contributed by atoms with E-state index in [1.807, 2.05) is 0 Å². The largest absolute Gasteiger partial charge is 0.339 e. The minimum absolute atomic E-state index is 0.118. The third-order valence-corrected chi connectivity index (χ3v) is 4.82. The lowest BCUT2D eigenvalue weighted by atomic mass is 9.94. The van der Waals surface area contributed by atoms with Crippen LogP contribution in [0.1, 0.15) is 24.3 Å². The highest BCUT2D eigenvalue weighted by Crippen LogP contribution is 2.35. The Morgan fingerprint density at radius 3 is 2.89 bits per heavy atom. The highest BCUT2D eigenvalue weighted by molar-refractivity contribution is 5.79. The van der Waals surface area contributed by atoms with Gasteiger partial charge in [-0.1, -0.05) is 23.4 Å². The second-order valence-corrected chi connectivity index (χ2v) is 6.82. The molecule has 3 aromatic rings. The van der Waals surface area contributed by atoms with Crippen molar-refractivity contribution >= 4 is 5.91 Å². The predicted octanol–water partition coefficient (Wildman–Crippen LogP) is 3.30. The van der Waals surface area contributed by atoms with E-state index < -0.39 is 11.5 Å². The molecule has 28 heavy (non-hydrogen) atoms. The Morgan fingerprint density at radius 2 is 2.11 bits per heavy atom. The van der Waals surface area contributed by atoms with Gasteiger partial charge in [-0.25, -0.2) is 8.78 Å². The molecular formula is C20H18F2N4O2. The fraction of sp³-hybridized carbons (Fsp3) is 0.300. The van der Waals surface area contributed by atoms with Crippen molar-refractivity contribution < 1.29 is 18.1 Å². The summed E-state index contributed by atoms with van der Waals surface area (Å²) in [6.45, 7) is 0.206. The second-order valence-electron chi connectivity index (χ2n) is 6.82. The van der Waals surface area contributed by atoms with E-state index in [1.165, 1.54) is 11.0 Å². The van der Waals surface area contributed by atoms with Crippen molar-refractivity contribution in [2.75, 3.05) is 13.1 Å². The van der Waals surface area contributed by atoms with E-state index in [1.54, 1.807) is 42.7 Å². The summed E-state index contributed by atoms with van der Waals surface area (Å²) >= 11 is 0. The lowest BCUT2D eigenvalue weighted by molar-refractivity contribution is -0.135. The summed E-state index contributed by atoms with van der Waals surface area (Å²) < 4.78 is 34.6. The van der Waals surface area contributed by atoms with Crippen LogP contribution in [0, 0.1) is 5.82 Å². The molecule has 4 rings (SSSR count). The molecule has 144 valence electrons. The maximum atomic E-state index is 15.6. The first-order valence-corrected chi connectivity index (χ1v) is 9.00. The summed E-state index contributed by atoms with van der Waals surface area (Å²) in [6, 6.07) is 9.55. The van der Waals surface area contributed by atoms with Gasteiger partial charge >= 0.3 is 0 Å². The van der Waals surface area contributed by atoms with Crippen molar-refractivity contribution in [1.82, 2.24) is 20.0 Å². The van der Waals surface area contributed by atoms with Crippen LogP contribution in [0.4, 0.5) is 8.78 Å². The van der Waals surface area contributed by atoms with Gasteiger partial charge in [-0.3, -0.25) is 9.78 Å². The van der Waals surface area contributed by atoms with Gasteiger partial charge < -0.3 is 9.42 Å². The van der Waals surface area contributed by atoms with Crippen LogP contribution in [-0.4, -0.2) is 39.0 Å². The Labute approximate surface area is 160 Å². The molecule has 6 nitrogen and oxygen atoms in total. The highest BCUT2D eigenvalue weighted by Gasteiger charge is 2.43. The van der Waals surface area contributed by atoms with Crippen LogP contribution >= 0.6 is 0 Å². The topological polar surface area (TPSA) is 72.1 Å². The van der Waals surface area contributed by atoms with Gasteiger partial charge in [-0.2, -0.15) is 4.98 Å². The fourth-order valence-electron chi connectivity index (χ4n) is 3.33. The quantitative estimate of drug-likeness (QED) is 0.690. The summed E-state index contributed by atoms with van der Waals surface area (Å²) in [5.74, 6) is -0.694. The number of rotatable bonds is 4. The number of halogens is 2. The number of benzene rings is 1. The van der Waals surface area contributed by atoms with Crippen molar-refractivity contribution in [2.45, 2.75) is 24.9 Å². The number of carbonyl (C=O) groups is 1. The Hall–Kier alpha value is -3.16. The lowest BCUT2D eigenvalue weighted by Crippen LogP contribution is -2.47. The van der Waals surface area contributed by atoms with Crippen molar-refractivity contribution in [3.05, 3.63) is 66.1 Å². The number of carbonyl (C=O) groups excluding carboxylic acids is 1. The minimum Gasteiger partial charge on any atom is -0.339 e. The first-order chi connectivity index (χ1) is 13.5. The first kappa shape index (κ1) is 18.2. The Balaban J connectivity index is 1.50. The molecule has 1 atom stereocenters. The third-order valence-electron chi connectivity index (χ3n) is 4.82. The zero-order valence-electron chi connectivity index (χ0n) is 15.0. The molecular weight excluding hydrogens is 366 g/mol. The molecule has 0 radical (unpaired) electrons. The molecule has 3 heterocycles. The van der Waals surface area contributed by atoms with Crippen LogP contribution in [0.15, 0.2) is 53.3 Å². The summed E-state index contributed by atoms with van der Waals surface area (Å²) in [6.07, 6.45) is 3.68. The molecule has 0 aliphatic carbocycles. The number of nitrogens with zero attached hydrogens (tertiary/aromatic N) is 4. The van der Waals surface area contributed by atoms with Gasteiger partial charge in [-0.15, -0.1) is 0 Å². The minimum atomic E-state index is -1.93. The number of aromatic nitrogens is 3. The highest BCUT2D eigenvalue weighted by atomic mass is 19.1. The van der Waals surface area contributed by atoms with Gasteiger partial charge in [0.1, 0.15) is 5.82 Å². The molecule has 1 amide bonds. The van der Waals surface area contributed by atoms with E-state index in [0.29, 0.717) is 24.1 Å². The van der Waals surface area contributed by atoms with E-state index in [0.717, 1.165) is 0 Å². The van der Waals surface area contributed by atoms with Gasteiger partial charge in [0.15, 0.2) is 0 Å². The van der Waals surface area contributed by atoms with Gasteiger partial charge in [-0.05, 0) is 36.6 Å². The molecule has 0 N–H and O–H groups in total. The maximum absolute atomic E-state index is 15.6. The normalized spacial score (nSPS) is 19.6. The maximum Gasteiger partial charge on any atom is 0.266 e. The third kappa shape index (κ3) is 3.62.